The summed E-state index contributed by atoms with van der Waals surface area (Å²) in [6.07, 6.45) is 60.4. The number of likely N-dealkylation sites (N-methyl/N-ethyl adjacent to an activating group) is 1. The number of phosphoric acid groups is 1. The number of phosphoric ester groups is 1. The van der Waals surface area contributed by atoms with Crippen LogP contribution in [0.25, 0.3) is 0 Å². The molecule has 0 aromatic heterocycles. The van der Waals surface area contributed by atoms with Crippen molar-refractivity contribution in [1.29, 1.82) is 0 Å². The molecule has 0 rings (SSSR count). The van der Waals surface area contributed by atoms with E-state index in [0.29, 0.717) is 23.9 Å². The van der Waals surface area contributed by atoms with Crippen LogP contribution < -0.4 is 5.32 Å². The van der Waals surface area contributed by atoms with Crippen LogP contribution in [0.15, 0.2) is 72.9 Å². The Balaban J connectivity index is 5.42. The molecule has 0 aliphatic carbocycles. The van der Waals surface area contributed by atoms with Gasteiger partial charge in [0.15, 0.2) is 0 Å². The van der Waals surface area contributed by atoms with Gasteiger partial charge < -0.3 is 19.4 Å². The van der Waals surface area contributed by atoms with Gasteiger partial charge in [-0.2, -0.15) is 0 Å². The third-order valence-corrected chi connectivity index (χ3v) is 12.9. The predicted octanol–water partition coefficient (Wildman–Crippen LogP) is 16.5. The summed E-state index contributed by atoms with van der Waals surface area (Å²) in [5.74, 6) is -0.550. The smallest absolute Gasteiger partial charge is 0.456 e. The van der Waals surface area contributed by atoms with E-state index in [4.69, 9.17) is 13.8 Å². The van der Waals surface area contributed by atoms with Crippen molar-refractivity contribution < 1.29 is 37.3 Å². The van der Waals surface area contributed by atoms with Gasteiger partial charge in [-0.1, -0.05) is 197 Å². The molecule has 3 atom stereocenters. The van der Waals surface area contributed by atoms with E-state index in [1.807, 2.05) is 33.3 Å². The van der Waals surface area contributed by atoms with E-state index < -0.39 is 20.0 Å². The summed E-state index contributed by atoms with van der Waals surface area (Å²) in [6.45, 7) is 6.84. The molecule has 68 heavy (non-hydrogen) atoms. The first kappa shape index (κ1) is 65.5. The van der Waals surface area contributed by atoms with Crippen LogP contribution in [-0.2, 0) is 27.9 Å². The summed E-state index contributed by atoms with van der Waals surface area (Å²) in [4.78, 5) is 37.5. The lowest BCUT2D eigenvalue weighted by molar-refractivity contribution is -0.870. The zero-order chi connectivity index (χ0) is 50.1. The lowest BCUT2D eigenvalue weighted by atomic mass is 10.1. The number of carbonyl (C=O) groups is 2. The maximum absolute atomic E-state index is 13.5. The minimum Gasteiger partial charge on any atom is -0.456 e. The molecule has 0 radical (unpaired) electrons. The Kier molecular flexibility index (Phi) is 46.3. The highest BCUT2D eigenvalue weighted by atomic mass is 31.2. The van der Waals surface area contributed by atoms with Crippen LogP contribution in [0.4, 0.5) is 0 Å². The molecule has 0 saturated carbocycles. The van der Waals surface area contributed by atoms with Crippen LogP contribution in [0, 0.1) is 0 Å². The molecule has 0 aromatic rings. The summed E-state index contributed by atoms with van der Waals surface area (Å²) in [6, 6.07) is -0.867. The van der Waals surface area contributed by atoms with Crippen molar-refractivity contribution in [1.82, 2.24) is 5.32 Å². The number of rotatable bonds is 49. The van der Waals surface area contributed by atoms with Crippen molar-refractivity contribution in [2.45, 2.75) is 245 Å². The van der Waals surface area contributed by atoms with E-state index in [0.717, 1.165) is 96.3 Å². The van der Waals surface area contributed by atoms with E-state index in [1.165, 1.54) is 96.3 Å². The molecule has 0 spiro atoms. The second-order valence-electron chi connectivity index (χ2n) is 19.7. The number of hydrogen-bond donors (Lipinski definition) is 2. The molecule has 10 heteroatoms. The van der Waals surface area contributed by atoms with Gasteiger partial charge in [-0.25, -0.2) is 4.57 Å². The molecule has 0 aromatic carbocycles. The average molecular weight is 974 g/mol. The van der Waals surface area contributed by atoms with Crippen molar-refractivity contribution >= 4 is 19.7 Å². The number of hydrogen-bond acceptors (Lipinski definition) is 6. The highest BCUT2D eigenvalue weighted by Crippen LogP contribution is 2.43. The van der Waals surface area contributed by atoms with Gasteiger partial charge in [0.25, 0.3) is 0 Å². The highest BCUT2D eigenvalue weighted by molar-refractivity contribution is 7.47. The molecular formula is C58H106N2O7P+. The molecule has 0 saturated heterocycles. The number of allylic oxidation sites excluding steroid dienone is 11. The van der Waals surface area contributed by atoms with Crippen LogP contribution in [0.5, 0.6) is 0 Å². The molecule has 3 unspecified atom stereocenters. The molecular weight excluding hydrogens is 868 g/mol. The van der Waals surface area contributed by atoms with Crippen molar-refractivity contribution in [3.8, 4) is 0 Å². The monoisotopic (exact) mass is 974 g/mol. The maximum Gasteiger partial charge on any atom is 0.472 e. The van der Waals surface area contributed by atoms with Crippen LogP contribution >= 0.6 is 7.82 Å². The van der Waals surface area contributed by atoms with Gasteiger partial charge in [0.1, 0.15) is 19.3 Å². The van der Waals surface area contributed by atoms with Crippen LogP contribution in [0.1, 0.15) is 233 Å². The van der Waals surface area contributed by atoms with E-state index in [2.05, 4.69) is 86.8 Å². The lowest BCUT2D eigenvalue weighted by Crippen LogP contribution is -2.47. The van der Waals surface area contributed by atoms with Crippen molar-refractivity contribution in [2.75, 3.05) is 40.9 Å². The number of nitrogens with one attached hydrogen (secondary N) is 1. The topological polar surface area (TPSA) is 111 Å². The lowest BCUT2D eigenvalue weighted by Gasteiger charge is -2.27. The fourth-order valence-corrected chi connectivity index (χ4v) is 8.31. The minimum absolute atomic E-state index is 0.0306. The Hall–Kier alpha value is -2.55. The first-order valence-corrected chi connectivity index (χ1v) is 29.3. The van der Waals surface area contributed by atoms with Crippen molar-refractivity contribution in [2.24, 2.45) is 0 Å². The summed E-state index contributed by atoms with van der Waals surface area (Å²) in [7, 11) is 1.46. The van der Waals surface area contributed by atoms with Crippen LogP contribution in [0.3, 0.4) is 0 Å². The van der Waals surface area contributed by atoms with Crippen LogP contribution in [0.2, 0.25) is 0 Å². The summed E-state index contributed by atoms with van der Waals surface area (Å²) >= 11 is 0. The van der Waals surface area contributed by atoms with Gasteiger partial charge in [0.2, 0.25) is 5.91 Å². The number of ether oxygens (including phenoxy) is 1. The fraction of sp³-hybridized carbons (Fsp3) is 0.759. The van der Waals surface area contributed by atoms with Crippen molar-refractivity contribution in [3.63, 3.8) is 0 Å². The molecule has 9 nitrogen and oxygen atoms in total. The SMILES string of the molecule is CC/C=C/C/C=C/C/C=C/C/C=C/CCCCCC(=O)NC(COP(=O)(O)OCC[N+](C)(C)C)C(/C=C/CCCCCCCCCCC)OC(=O)CCCCCCCCC/C=C\CCCCCC. The first-order chi connectivity index (χ1) is 32.9. The maximum atomic E-state index is 13.5. The number of nitrogens with zero attached hydrogens (tertiary/aromatic N) is 1. The van der Waals surface area contributed by atoms with Gasteiger partial charge in [-0.15, -0.1) is 0 Å². The molecule has 0 fully saturated rings. The second kappa shape index (κ2) is 48.1. The summed E-state index contributed by atoms with van der Waals surface area (Å²) in [5, 5.41) is 3.02. The quantitative estimate of drug-likeness (QED) is 0.0205. The number of carbonyl (C=O) groups excluding carboxylic acids is 2. The summed E-state index contributed by atoms with van der Waals surface area (Å²) in [5.41, 5.74) is 0. The van der Waals surface area contributed by atoms with Gasteiger partial charge >= 0.3 is 13.8 Å². The predicted molar refractivity (Wildman–Crippen MR) is 291 cm³/mol. The van der Waals surface area contributed by atoms with E-state index in [1.54, 1.807) is 0 Å². The molecule has 0 aliphatic heterocycles. The van der Waals surface area contributed by atoms with Crippen LogP contribution in [-0.4, -0.2) is 74.3 Å². The number of esters is 1. The first-order valence-electron chi connectivity index (χ1n) is 27.8. The zero-order valence-corrected chi connectivity index (χ0v) is 45.7. The molecule has 0 heterocycles. The largest absolute Gasteiger partial charge is 0.472 e. The Morgan fingerprint density at radius 1 is 0.529 bits per heavy atom. The van der Waals surface area contributed by atoms with Gasteiger partial charge in [-0.05, 0) is 96.0 Å². The molecule has 2 N–H and O–H groups in total. The standard InChI is InChI=1S/C58H105N2O7P/c1-7-10-13-16-19-22-25-27-29-31-32-35-38-41-44-47-50-57(61)59-55(54-66-68(63,64)65-53-52-60(4,5)6)56(49-46-43-40-37-34-24-21-18-15-12-9-3)67-58(62)51-48-45-42-39-36-33-30-28-26-23-20-17-14-11-8-2/h10,13,19,22-23,26-27,29,32,35,46,49,55-56H,7-9,11-12,14-18,20-21,24-25,28,30-31,33-34,36-45,47-48,50-54H2,1-6H3,(H-,59,61,63,64)/p+1/b13-10+,22-19+,26-23-,29-27+,35-32+,49-46+. The second-order valence-corrected chi connectivity index (χ2v) is 21.2. The van der Waals surface area contributed by atoms with Gasteiger partial charge in [0.05, 0.1) is 33.8 Å². The van der Waals surface area contributed by atoms with Crippen molar-refractivity contribution in [3.05, 3.63) is 72.9 Å². The fourth-order valence-electron chi connectivity index (χ4n) is 7.57. The Morgan fingerprint density at radius 2 is 0.941 bits per heavy atom. The van der Waals surface area contributed by atoms with E-state index >= 15 is 0 Å². The Bertz CT molecular complexity index is 1400. The third kappa shape index (κ3) is 48.5. The highest BCUT2D eigenvalue weighted by Gasteiger charge is 2.30. The zero-order valence-electron chi connectivity index (χ0n) is 44.8. The molecule has 394 valence electrons. The van der Waals surface area contributed by atoms with Gasteiger partial charge in [-0.3, -0.25) is 18.6 Å². The van der Waals surface area contributed by atoms with E-state index in [-0.39, 0.29) is 31.5 Å². The number of unbranched alkanes of at least 4 members (excludes halogenated alkanes) is 23. The Morgan fingerprint density at radius 3 is 1.46 bits per heavy atom. The van der Waals surface area contributed by atoms with E-state index in [9.17, 15) is 19.0 Å². The molecule has 0 bridgehead atoms. The minimum atomic E-state index is -4.45. The third-order valence-electron chi connectivity index (χ3n) is 11.9. The Labute approximate surface area is 419 Å². The normalized spacial score (nSPS) is 14.4. The number of quaternary nitrogens is 1. The average Bonchev–Trinajstić information content (AvgIpc) is 3.29. The summed E-state index contributed by atoms with van der Waals surface area (Å²) < 4.78 is 30.5. The number of amides is 1. The molecule has 1 amide bonds. The molecule has 0 aliphatic rings. The van der Waals surface area contributed by atoms with Gasteiger partial charge in [0, 0.05) is 12.8 Å².